The molecule has 0 amide bonds. The summed E-state index contributed by atoms with van der Waals surface area (Å²) in [7, 11) is 1.58. The summed E-state index contributed by atoms with van der Waals surface area (Å²) in [4.78, 5) is 4.23. The second-order valence-electron chi connectivity index (χ2n) is 3.99. The summed E-state index contributed by atoms with van der Waals surface area (Å²) in [6.45, 7) is 1.85. The van der Waals surface area contributed by atoms with Gasteiger partial charge in [-0.1, -0.05) is 20.2 Å². The van der Waals surface area contributed by atoms with Gasteiger partial charge < -0.3 is 15.6 Å². The third kappa shape index (κ3) is 2.51. The fourth-order valence-corrected chi connectivity index (χ4v) is 2.62. The molecular weight excluding hydrogens is 302 g/mol. The van der Waals surface area contributed by atoms with Crippen LogP contribution in [-0.4, -0.2) is 23.9 Å². The number of methoxy groups -OCH3 is 1. The molecule has 20 heavy (non-hydrogen) atoms. The van der Waals surface area contributed by atoms with Crippen molar-refractivity contribution < 1.29 is 14.2 Å². The van der Waals surface area contributed by atoms with Crippen LogP contribution >= 0.6 is 20.2 Å². The van der Waals surface area contributed by atoms with Gasteiger partial charge in [0, 0.05) is 5.56 Å². The number of nitrogens with two attached hydrogens (primary N) is 1. The number of rotatable bonds is 3. The Hall–Kier alpha value is -1.58. The van der Waals surface area contributed by atoms with Gasteiger partial charge in [0.25, 0.3) is 0 Å². The number of nitrogen functional groups attached to an aromatic ring is 1. The monoisotopic (exact) mass is 314 g/mol. The Balaban J connectivity index is 2.66. The zero-order valence-electron chi connectivity index (χ0n) is 10.9. The number of aromatic nitrogens is 1. The molecule has 106 valence electrons. The first kappa shape index (κ1) is 14.8. The zero-order valence-corrected chi connectivity index (χ0v) is 12.6. The van der Waals surface area contributed by atoms with E-state index in [0.717, 1.165) is 0 Å². The molecule has 0 fully saturated rings. The molecule has 0 saturated heterocycles. The zero-order chi connectivity index (χ0) is 14.9. The third-order valence-electron chi connectivity index (χ3n) is 2.79. The number of pyridine rings is 1. The number of halogens is 2. The van der Waals surface area contributed by atoms with Crippen molar-refractivity contribution in [3.05, 3.63) is 29.0 Å². The van der Waals surface area contributed by atoms with Crippen molar-refractivity contribution in [1.82, 2.24) is 4.98 Å². The van der Waals surface area contributed by atoms with Crippen LogP contribution in [0.1, 0.15) is 0 Å². The minimum atomic E-state index is -0.608. The average Bonchev–Trinajstić information content (AvgIpc) is 2.42. The number of hydrogen-bond acceptors (Lipinski definition) is 4. The van der Waals surface area contributed by atoms with Crippen LogP contribution in [0, 0.1) is 5.82 Å². The lowest BCUT2D eigenvalue weighted by Gasteiger charge is -2.11. The van der Waals surface area contributed by atoms with E-state index in [2.05, 4.69) is 4.98 Å². The lowest BCUT2D eigenvalue weighted by molar-refractivity contribution is 0.387. The first-order valence-electron chi connectivity index (χ1n) is 5.69. The summed E-state index contributed by atoms with van der Waals surface area (Å²) in [5.74, 6) is -0.711. The maximum atomic E-state index is 14.3. The molecular formula is C13H13ClFN2O2P. The molecule has 2 aromatic rings. The van der Waals surface area contributed by atoms with Crippen molar-refractivity contribution in [1.29, 1.82) is 0 Å². The van der Waals surface area contributed by atoms with Crippen LogP contribution in [0.5, 0.6) is 11.5 Å². The molecule has 2 rings (SSSR count). The molecule has 0 bridgehead atoms. The van der Waals surface area contributed by atoms with Gasteiger partial charge in [-0.2, -0.15) is 0 Å². The van der Waals surface area contributed by atoms with E-state index in [1.807, 2.05) is 6.66 Å². The van der Waals surface area contributed by atoms with Crippen LogP contribution in [0.15, 0.2) is 18.2 Å². The second-order valence-corrected chi connectivity index (χ2v) is 5.37. The van der Waals surface area contributed by atoms with Crippen LogP contribution in [0.25, 0.3) is 11.3 Å². The van der Waals surface area contributed by atoms with Crippen LogP contribution in [0.4, 0.5) is 10.1 Å². The quantitative estimate of drug-likeness (QED) is 0.855. The lowest BCUT2D eigenvalue weighted by Crippen LogP contribution is -2.07. The normalized spacial score (nSPS) is 11.2. The molecule has 3 N–H and O–H groups in total. The molecule has 1 aromatic heterocycles. The van der Waals surface area contributed by atoms with Crippen molar-refractivity contribution >= 4 is 31.3 Å². The van der Waals surface area contributed by atoms with Crippen molar-refractivity contribution in [2.24, 2.45) is 0 Å². The number of ether oxygens (including phenoxy) is 1. The molecule has 7 heteroatoms. The fraction of sp³-hybridized carbons (Fsp3) is 0.154. The van der Waals surface area contributed by atoms with Crippen molar-refractivity contribution in [3.63, 3.8) is 0 Å². The van der Waals surface area contributed by atoms with Gasteiger partial charge in [0.15, 0.2) is 17.3 Å². The Kier molecular flexibility index (Phi) is 4.31. The number of anilines is 1. The van der Waals surface area contributed by atoms with Gasteiger partial charge >= 0.3 is 0 Å². The highest BCUT2D eigenvalue weighted by Crippen LogP contribution is 2.35. The SMILES string of the molecule is COc1c(Cl)ccc(-c2cc(N)c(O)c(PC)n2)c1F. The van der Waals surface area contributed by atoms with Gasteiger partial charge in [0.05, 0.1) is 23.5 Å². The topological polar surface area (TPSA) is 68.4 Å². The van der Waals surface area contributed by atoms with Crippen LogP contribution < -0.4 is 15.9 Å². The Morgan fingerprint density at radius 3 is 2.75 bits per heavy atom. The number of hydrogen-bond donors (Lipinski definition) is 2. The minimum absolute atomic E-state index is 0.0434. The Labute approximate surface area is 122 Å². The summed E-state index contributed by atoms with van der Waals surface area (Å²) < 4.78 is 19.3. The van der Waals surface area contributed by atoms with E-state index < -0.39 is 5.82 Å². The van der Waals surface area contributed by atoms with Gasteiger partial charge in [0.1, 0.15) is 5.44 Å². The van der Waals surface area contributed by atoms with Crippen molar-refractivity contribution in [2.75, 3.05) is 19.5 Å². The summed E-state index contributed by atoms with van der Waals surface area (Å²) >= 11 is 5.86. The van der Waals surface area contributed by atoms with Gasteiger partial charge in [-0.05, 0) is 24.9 Å². The van der Waals surface area contributed by atoms with E-state index in [4.69, 9.17) is 22.1 Å². The summed E-state index contributed by atoms with van der Waals surface area (Å²) in [6, 6.07) is 4.45. The fourth-order valence-electron chi connectivity index (χ4n) is 1.79. The molecule has 0 aliphatic heterocycles. The Morgan fingerprint density at radius 2 is 2.15 bits per heavy atom. The van der Waals surface area contributed by atoms with Gasteiger partial charge in [-0.15, -0.1) is 0 Å². The average molecular weight is 315 g/mol. The van der Waals surface area contributed by atoms with E-state index in [0.29, 0.717) is 11.1 Å². The van der Waals surface area contributed by atoms with E-state index in [1.165, 1.54) is 25.3 Å². The first-order chi connectivity index (χ1) is 9.49. The first-order valence-corrected chi connectivity index (χ1v) is 7.57. The molecule has 0 aliphatic rings. The molecule has 0 saturated carbocycles. The van der Waals surface area contributed by atoms with E-state index in [-0.39, 0.29) is 36.4 Å². The largest absolute Gasteiger partial charge is 0.504 e. The maximum absolute atomic E-state index is 14.3. The summed E-state index contributed by atoms with van der Waals surface area (Å²) in [6.07, 6.45) is 0. The van der Waals surface area contributed by atoms with E-state index >= 15 is 0 Å². The van der Waals surface area contributed by atoms with Gasteiger partial charge in [-0.3, -0.25) is 0 Å². The number of benzene rings is 1. The molecule has 1 atom stereocenters. The van der Waals surface area contributed by atoms with Crippen molar-refractivity contribution in [3.8, 4) is 22.8 Å². The molecule has 0 spiro atoms. The molecule has 0 radical (unpaired) electrons. The van der Waals surface area contributed by atoms with Crippen molar-refractivity contribution in [2.45, 2.75) is 0 Å². The van der Waals surface area contributed by atoms with E-state index in [9.17, 15) is 9.50 Å². The van der Waals surface area contributed by atoms with Crippen LogP contribution in [0.2, 0.25) is 5.02 Å². The predicted octanol–water partition coefficient (Wildman–Crippen LogP) is 2.77. The maximum Gasteiger partial charge on any atom is 0.175 e. The standard InChI is InChI=1S/C13H13ClFN2O2P/c1-19-12-7(14)4-3-6(10(12)15)9-5-8(16)11(18)13(17-9)20-2/h3-5,18,20H,1-2H3,(H2,16,17). The van der Waals surface area contributed by atoms with E-state index in [1.54, 1.807) is 0 Å². The smallest absolute Gasteiger partial charge is 0.175 e. The van der Waals surface area contributed by atoms with Gasteiger partial charge in [0.2, 0.25) is 0 Å². The molecule has 1 heterocycles. The molecule has 0 aliphatic carbocycles. The highest BCUT2D eigenvalue weighted by molar-refractivity contribution is 7.46. The molecule has 1 unspecified atom stereocenters. The lowest BCUT2D eigenvalue weighted by atomic mass is 10.1. The highest BCUT2D eigenvalue weighted by Gasteiger charge is 2.17. The van der Waals surface area contributed by atoms with Crippen LogP contribution in [0.3, 0.4) is 0 Å². The third-order valence-corrected chi connectivity index (χ3v) is 3.91. The summed E-state index contributed by atoms with van der Waals surface area (Å²) in [5, 5.41) is 9.94. The minimum Gasteiger partial charge on any atom is -0.504 e. The second kappa shape index (κ2) is 5.81. The molecule has 4 nitrogen and oxygen atoms in total. The molecule has 1 aromatic carbocycles. The Morgan fingerprint density at radius 1 is 1.45 bits per heavy atom. The Bertz CT molecular complexity index is 667. The van der Waals surface area contributed by atoms with Gasteiger partial charge in [-0.25, -0.2) is 9.37 Å². The van der Waals surface area contributed by atoms with Crippen LogP contribution in [-0.2, 0) is 0 Å². The highest BCUT2D eigenvalue weighted by atomic mass is 35.5. The number of nitrogens with zero attached hydrogens (tertiary/aromatic N) is 1. The predicted molar refractivity (Wildman–Crippen MR) is 81.1 cm³/mol. The summed E-state index contributed by atoms with van der Waals surface area (Å²) in [5.41, 5.74) is 6.87. The number of aromatic hydroxyl groups is 1.